The molecular formula is C27H26F3N5O5. The van der Waals surface area contributed by atoms with Crippen molar-refractivity contribution in [2.75, 3.05) is 20.1 Å². The summed E-state index contributed by atoms with van der Waals surface area (Å²) in [5.41, 5.74) is -0.425. The highest BCUT2D eigenvalue weighted by Gasteiger charge is 2.55. The molecule has 1 atom stereocenters. The first kappa shape index (κ1) is 27.3. The second-order valence-corrected chi connectivity index (χ2v) is 10.1. The fourth-order valence-electron chi connectivity index (χ4n) is 5.20. The summed E-state index contributed by atoms with van der Waals surface area (Å²) in [4.78, 5) is 18.8. The number of benzene rings is 2. The zero-order valence-corrected chi connectivity index (χ0v) is 21.8. The number of hydrogen-bond donors (Lipinski definition) is 2. The number of amides is 1. The molecule has 210 valence electrons. The van der Waals surface area contributed by atoms with E-state index in [-0.39, 0.29) is 18.3 Å². The minimum Gasteiger partial charge on any atom is -0.406 e. The Balaban J connectivity index is 1.43. The van der Waals surface area contributed by atoms with Crippen molar-refractivity contribution in [2.45, 2.75) is 32.4 Å². The second kappa shape index (κ2) is 10.1. The number of nitrogens with one attached hydrogen (secondary N) is 1. The van der Waals surface area contributed by atoms with Gasteiger partial charge in [0.2, 0.25) is 0 Å². The van der Waals surface area contributed by atoms with Crippen molar-refractivity contribution in [2.24, 2.45) is 5.41 Å². The largest absolute Gasteiger partial charge is 0.573 e. The number of hydrogen-bond acceptors (Lipinski definition) is 9. The van der Waals surface area contributed by atoms with Crippen LogP contribution in [0.25, 0.3) is 11.5 Å². The maximum absolute atomic E-state index is 12.7. The van der Waals surface area contributed by atoms with Gasteiger partial charge in [0, 0.05) is 30.1 Å². The number of alkyl halides is 3. The highest BCUT2D eigenvalue weighted by atomic mass is 19.4. The lowest BCUT2D eigenvalue weighted by Crippen LogP contribution is -2.63. The van der Waals surface area contributed by atoms with Crippen LogP contribution in [0, 0.1) is 12.3 Å². The molecule has 0 bridgehead atoms. The van der Waals surface area contributed by atoms with Crippen LogP contribution in [0.2, 0.25) is 0 Å². The predicted molar refractivity (Wildman–Crippen MR) is 134 cm³/mol. The van der Waals surface area contributed by atoms with Gasteiger partial charge in [-0.15, -0.1) is 13.2 Å². The van der Waals surface area contributed by atoms with E-state index in [1.807, 2.05) is 18.9 Å². The van der Waals surface area contributed by atoms with E-state index >= 15 is 0 Å². The first-order valence-corrected chi connectivity index (χ1v) is 12.3. The molecule has 5 rings (SSSR count). The topological polar surface area (TPSA) is 127 Å². The third-order valence-electron chi connectivity index (χ3n) is 6.88. The van der Waals surface area contributed by atoms with Crippen molar-refractivity contribution in [3.63, 3.8) is 0 Å². The van der Waals surface area contributed by atoms with Crippen LogP contribution < -0.4 is 10.1 Å². The van der Waals surface area contributed by atoms with Crippen LogP contribution in [-0.2, 0) is 12.1 Å². The third kappa shape index (κ3) is 5.29. The number of aromatic nitrogens is 3. The average Bonchev–Trinajstić information content (AvgIpc) is 3.55. The van der Waals surface area contributed by atoms with Gasteiger partial charge in [0.15, 0.2) is 0 Å². The van der Waals surface area contributed by atoms with Crippen LogP contribution in [0.4, 0.5) is 13.2 Å². The average molecular weight is 558 g/mol. The minimum absolute atomic E-state index is 0.0523. The summed E-state index contributed by atoms with van der Waals surface area (Å²) in [6.45, 7) is 4.82. The second-order valence-electron chi connectivity index (χ2n) is 10.1. The molecule has 0 spiro atoms. The zero-order valence-electron chi connectivity index (χ0n) is 21.8. The number of carbonyl (C=O) groups excluding carboxylic acids is 1. The van der Waals surface area contributed by atoms with Gasteiger partial charge in [-0.3, -0.25) is 4.79 Å². The van der Waals surface area contributed by atoms with E-state index in [0.29, 0.717) is 41.2 Å². The van der Waals surface area contributed by atoms with E-state index < -0.39 is 29.0 Å². The first-order chi connectivity index (χ1) is 18.9. The maximum atomic E-state index is 12.7. The molecular weight excluding hydrogens is 531 g/mol. The van der Waals surface area contributed by atoms with Crippen molar-refractivity contribution in [3.05, 3.63) is 83.0 Å². The number of rotatable bonds is 8. The molecule has 1 aliphatic heterocycles. The van der Waals surface area contributed by atoms with Crippen LogP contribution in [0.5, 0.6) is 5.75 Å². The van der Waals surface area contributed by atoms with Gasteiger partial charge < -0.3 is 29.1 Å². The molecule has 10 nitrogen and oxygen atoms in total. The Morgan fingerprint density at radius 2 is 1.82 bits per heavy atom. The summed E-state index contributed by atoms with van der Waals surface area (Å²) in [5.74, 6) is -0.493. The fourth-order valence-corrected chi connectivity index (χ4v) is 5.20. The van der Waals surface area contributed by atoms with Gasteiger partial charge >= 0.3 is 6.36 Å². The minimum atomic E-state index is -4.83. The van der Waals surface area contributed by atoms with Gasteiger partial charge in [-0.1, -0.05) is 41.5 Å². The maximum Gasteiger partial charge on any atom is 0.573 e. The van der Waals surface area contributed by atoms with E-state index in [1.165, 1.54) is 24.3 Å². The van der Waals surface area contributed by atoms with Gasteiger partial charge in [0.25, 0.3) is 17.6 Å². The standard InChI is InChI=1S/C27H26F3N5O5/c1-16-11-20(33-39-16)13-31-23(36)22-32-24(40-34-22)17-5-4-6-19(12-17)26(37,25(2)14-35(3)15-25)18-7-9-21(10-8-18)38-27(28,29)30/h4-12,37H,13-15H2,1-3H3,(H,31,36)/t26-/m0/s1. The Morgan fingerprint density at radius 3 is 2.45 bits per heavy atom. The number of carbonyl (C=O) groups is 1. The molecule has 0 saturated carbocycles. The summed E-state index contributed by atoms with van der Waals surface area (Å²) in [6.07, 6.45) is -4.83. The zero-order chi connectivity index (χ0) is 28.7. The van der Waals surface area contributed by atoms with Gasteiger partial charge in [0.1, 0.15) is 22.8 Å². The van der Waals surface area contributed by atoms with E-state index in [4.69, 9.17) is 9.05 Å². The lowest BCUT2D eigenvalue weighted by molar-refractivity contribution is -0.274. The number of likely N-dealkylation sites (tertiary alicyclic amines) is 1. The summed E-state index contributed by atoms with van der Waals surface area (Å²) in [6, 6.07) is 13.6. The molecule has 2 N–H and O–H groups in total. The fraction of sp³-hybridized carbons (Fsp3) is 0.333. The van der Waals surface area contributed by atoms with Gasteiger partial charge in [-0.25, -0.2) is 0 Å². The Hall–Kier alpha value is -4.23. The van der Waals surface area contributed by atoms with Crippen LogP contribution >= 0.6 is 0 Å². The van der Waals surface area contributed by atoms with Crippen LogP contribution in [0.15, 0.2) is 63.6 Å². The number of ether oxygens (including phenoxy) is 1. The molecule has 0 unspecified atom stereocenters. The normalized spacial score (nSPS) is 16.7. The van der Waals surface area contributed by atoms with Crippen molar-refractivity contribution >= 4 is 5.91 Å². The van der Waals surface area contributed by atoms with Crippen molar-refractivity contribution in [1.29, 1.82) is 0 Å². The Morgan fingerprint density at radius 1 is 1.10 bits per heavy atom. The Kier molecular flexibility index (Phi) is 6.88. The molecule has 0 aliphatic carbocycles. The SMILES string of the molecule is Cc1cc(CNC(=O)c2noc(-c3cccc([C@@](O)(c4ccc(OC(F)(F)F)cc4)C4(C)CN(C)C4)c3)n2)no1. The number of aliphatic hydroxyl groups is 1. The Labute approximate surface area is 226 Å². The van der Waals surface area contributed by atoms with Crippen molar-refractivity contribution < 1.29 is 36.9 Å². The third-order valence-corrected chi connectivity index (χ3v) is 6.88. The van der Waals surface area contributed by atoms with Gasteiger partial charge in [0.05, 0.1) is 6.54 Å². The molecule has 3 heterocycles. The molecule has 1 amide bonds. The summed E-state index contributed by atoms with van der Waals surface area (Å²) >= 11 is 0. The summed E-state index contributed by atoms with van der Waals surface area (Å²) in [7, 11) is 1.91. The molecule has 1 aliphatic rings. The summed E-state index contributed by atoms with van der Waals surface area (Å²) in [5, 5.41) is 22.5. The van der Waals surface area contributed by atoms with Crippen molar-refractivity contribution in [1.82, 2.24) is 25.5 Å². The molecule has 13 heteroatoms. The molecule has 2 aromatic heterocycles. The van der Waals surface area contributed by atoms with Crippen molar-refractivity contribution in [3.8, 4) is 17.2 Å². The van der Waals surface area contributed by atoms with Crippen LogP contribution in [0.3, 0.4) is 0 Å². The highest BCUT2D eigenvalue weighted by Crippen LogP contribution is 2.50. The lowest BCUT2D eigenvalue weighted by atomic mass is 9.62. The number of nitrogens with zero attached hydrogens (tertiary/aromatic N) is 4. The summed E-state index contributed by atoms with van der Waals surface area (Å²) < 4.78 is 52.4. The molecule has 2 aromatic carbocycles. The lowest BCUT2D eigenvalue weighted by Gasteiger charge is -2.56. The number of aryl methyl sites for hydroxylation is 1. The predicted octanol–water partition coefficient (Wildman–Crippen LogP) is 4.05. The molecule has 40 heavy (non-hydrogen) atoms. The van der Waals surface area contributed by atoms with Crippen LogP contribution in [0.1, 0.15) is 40.1 Å². The van der Waals surface area contributed by atoms with E-state index in [9.17, 15) is 23.1 Å². The quantitative estimate of drug-likeness (QED) is 0.330. The molecule has 1 fully saturated rings. The van der Waals surface area contributed by atoms with Gasteiger partial charge in [-0.05, 0) is 49.4 Å². The smallest absolute Gasteiger partial charge is 0.406 e. The molecule has 1 saturated heterocycles. The van der Waals surface area contributed by atoms with E-state index in [1.54, 1.807) is 37.3 Å². The van der Waals surface area contributed by atoms with E-state index in [0.717, 1.165) is 0 Å². The molecule has 0 radical (unpaired) electrons. The Bertz CT molecular complexity index is 1510. The first-order valence-electron chi connectivity index (χ1n) is 12.3. The monoisotopic (exact) mass is 557 g/mol. The highest BCUT2D eigenvalue weighted by molar-refractivity contribution is 5.90. The number of halogens is 3. The molecule has 4 aromatic rings. The van der Waals surface area contributed by atoms with E-state index in [2.05, 4.69) is 25.4 Å². The van der Waals surface area contributed by atoms with Crippen LogP contribution in [-0.4, -0.2) is 57.7 Å². The van der Waals surface area contributed by atoms with Gasteiger partial charge in [-0.2, -0.15) is 4.98 Å².